The number of ether oxygens (including phenoxy) is 1. The number of carboxylic acids is 1. The lowest BCUT2D eigenvalue weighted by molar-refractivity contribution is -0.301. The quantitative estimate of drug-likeness (QED) is 0.700. The Balaban J connectivity index is 2.13. The molecule has 1 atom stereocenters. The Bertz CT molecular complexity index is 542. The fourth-order valence-corrected chi connectivity index (χ4v) is 2.75. The summed E-state index contributed by atoms with van der Waals surface area (Å²) in [7, 11) is 1.52. The van der Waals surface area contributed by atoms with Crippen LogP contribution in [-0.4, -0.2) is 35.9 Å². The molecule has 20 heavy (non-hydrogen) atoms. The van der Waals surface area contributed by atoms with Crippen molar-refractivity contribution >= 4 is 35.2 Å². The van der Waals surface area contributed by atoms with Gasteiger partial charge < -0.3 is 14.6 Å². The smallest absolute Gasteiger partial charge is 0.247 e. The zero-order valence-electron chi connectivity index (χ0n) is 10.7. The average Bonchev–Trinajstić information content (AvgIpc) is 2.71. The first-order chi connectivity index (χ1) is 9.52. The summed E-state index contributed by atoms with van der Waals surface area (Å²) in [6.07, 6.45) is 0.00279. The molecule has 1 aromatic rings. The molecular weight excluding hydrogens is 282 g/mol. The van der Waals surface area contributed by atoms with Crippen molar-refractivity contribution < 1.29 is 24.2 Å². The number of anilines is 1. The third kappa shape index (κ3) is 2.93. The van der Waals surface area contributed by atoms with Gasteiger partial charge in [-0.1, -0.05) is 0 Å². The number of amides is 2. The minimum absolute atomic E-state index is 0.00279. The van der Waals surface area contributed by atoms with Crippen LogP contribution in [0.2, 0.25) is 0 Å². The van der Waals surface area contributed by atoms with Crippen LogP contribution in [-0.2, 0) is 14.4 Å². The molecular formula is C13H12NO5S-. The van der Waals surface area contributed by atoms with Crippen LogP contribution in [0, 0.1) is 0 Å². The Labute approximate surface area is 119 Å². The monoisotopic (exact) mass is 294 g/mol. The Morgan fingerprint density at radius 3 is 2.60 bits per heavy atom. The standard InChI is InChI=1S/C13H13NO5S/c1-19-9-4-2-8(3-5-9)14-11(15)6-10(13(14)18)20-7-12(16)17/h2-5,10H,6-7H2,1H3,(H,16,17)/p-1. The number of imide groups is 1. The number of hydrogen-bond acceptors (Lipinski definition) is 6. The van der Waals surface area contributed by atoms with E-state index in [1.165, 1.54) is 7.11 Å². The molecule has 1 aliphatic rings. The minimum Gasteiger partial charge on any atom is -0.549 e. The molecule has 2 amide bonds. The summed E-state index contributed by atoms with van der Waals surface area (Å²) in [6.45, 7) is 0. The lowest BCUT2D eigenvalue weighted by Crippen LogP contribution is -2.32. The zero-order valence-corrected chi connectivity index (χ0v) is 11.5. The maximum atomic E-state index is 12.1. The summed E-state index contributed by atoms with van der Waals surface area (Å²) in [5.41, 5.74) is 0.456. The van der Waals surface area contributed by atoms with Crippen molar-refractivity contribution in [2.24, 2.45) is 0 Å². The molecule has 7 heteroatoms. The largest absolute Gasteiger partial charge is 0.549 e. The first-order valence-electron chi connectivity index (χ1n) is 5.85. The topological polar surface area (TPSA) is 86.7 Å². The molecule has 0 saturated carbocycles. The fourth-order valence-electron chi connectivity index (χ4n) is 1.91. The van der Waals surface area contributed by atoms with Crippen LogP contribution in [0.25, 0.3) is 0 Å². The van der Waals surface area contributed by atoms with Crippen molar-refractivity contribution in [1.29, 1.82) is 0 Å². The summed E-state index contributed by atoms with van der Waals surface area (Å²) in [4.78, 5) is 35.5. The first-order valence-corrected chi connectivity index (χ1v) is 6.90. The number of benzene rings is 1. The van der Waals surface area contributed by atoms with E-state index in [2.05, 4.69) is 0 Å². The highest BCUT2D eigenvalue weighted by Gasteiger charge is 2.39. The maximum absolute atomic E-state index is 12.1. The summed E-state index contributed by atoms with van der Waals surface area (Å²) in [5, 5.41) is 9.75. The normalized spacial score (nSPS) is 18.4. The van der Waals surface area contributed by atoms with Crippen molar-refractivity contribution in [1.82, 2.24) is 0 Å². The number of carboxylic acid groups (broad SMARTS) is 1. The van der Waals surface area contributed by atoms with Crippen LogP contribution in [0.3, 0.4) is 0 Å². The number of thioether (sulfide) groups is 1. The summed E-state index contributed by atoms with van der Waals surface area (Å²) in [5.74, 6) is -1.67. The molecule has 1 aromatic carbocycles. The van der Waals surface area contributed by atoms with Gasteiger partial charge in [0.2, 0.25) is 11.8 Å². The number of carbonyl (C=O) groups is 3. The van der Waals surface area contributed by atoms with Crippen LogP contribution >= 0.6 is 11.8 Å². The molecule has 1 heterocycles. The molecule has 0 spiro atoms. The number of rotatable bonds is 5. The summed E-state index contributed by atoms with van der Waals surface area (Å²) >= 11 is 0.911. The molecule has 6 nitrogen and oxygen atoms in total. The van der Waals surface area contributed by atoms with E-state index >= 15 is 0 Å². The van der Waals surface area contributed by atoms with Gasteiger partial charge in [-0.25, -0.2) is 4.90 Å². The number of methoxy groups -OCH3 is 1. The SMILES string of the molecule is COc1ccc(N2C(=O)CC(SCC(=O)[O-])C2=O)cc1. The second-order valence-corrected chi connectivity index (χ2v) is 5.33. The Morgan fingerprint density at radius 1 is 1.40 bits per heavy atom. The zero-order chi connectivity index (χ0) is 14.7. The lowest BCUT2D eigenvalue weighted by atomic mass is 10.3. The van der Waals surface area contributed by atoms with E-state index < -0.39 is 17.1 Å². The van der Waals surface area contributed by atoms with Crippen LogP contribution in [0.1, 0.15) is 6.42 Å². The van der Waals surface area contributed by atoms with E-state index in [0.717, 1.165) is 16.7 Å². The predicted octanol–water partition coefficient (Wildman–Crippen LogP) is -0.190. The number of aliphatic carboxylic acids is 1. The van der Waals surface area contributed by atoms with Crippen LogP contribution < -0.4 is 14.7 Å². The van der Waals surface area contributed by atoms with Gasteiger partial charge in [0.15, 0.2) is 0 Å². The van der Waals surface area contributed by atoms with Crippen molar-refractivity contribution in [2.75, 3.05) is 17.8 Å². The third-order valence-electron chi connectivity index (χ3n) is 2.84. The van der Waals surface area contributed by atoms with E-state index in [0.29, 0.717) is 11.4 Å². The van der Waals surface area contributed by atoms with Crippen LogP contribution in [0.4, 0.5) is 5.69 Å². The van der Waals surface area contributed by atoms with E-state index in [4.69, 9.17) is 4.74 Å². The molecule has 1 fully saturated rings. The van der Waals surface area contributed by atoms with Gasteiger partial charge in [0.1, 0.15) is 5.75 Å². The molecule has 0 radical (unpaired) electrons. The van der Waals surface area contributed by atoms with Gasteiger partial charge >= 0.3 is 0 Å². The molecule has 106 valence electrons. The molecule has 1 unspecified atom stereocenters. The summed E-state index contributed by atoms with van der Waals surface area (Å²) < 4.78 is 5.01. The molecule has 0 N–H and O–H groups in total. The minimum atomic E-state index is -1.25. The molecule has 0 aromatic heterocycles. The van der Waals surface area contributed by atoms with Gasteiger partial charge in [-0.2, -0.15) is 0 Å². The Morgan fingerprint density at radius 2 is 2.05 bits per heavy atom. The van der Waals surface area contributed by atoms with Crippen LogP contribution in [0.5, 0.6) is 5.75 Å². The first kappa shape index (κ1) is 14.4. The van der Waals surface area contributed by atoms with Gasteiger partial charge in [0.25, 0.3) is 0 Å². The third-order valence-corrected chi connectivity index (χ3v) is 4.01. The molecule has 0 bridgehead atoms. The van der Waals surface area contributed by atoms with E-state index in [1.54, 1.807) is 24.3 Å². The highest BCUT2D eigenvalue weighted by atomic mass is 32.2. The van der Waals surface area contributed by atoms with Crippen molar-refractivity contribution in [3.63, 3.8) is 0 Å². The molecule has 1 aliphatic heterocycles. The van der Waals surface area contributed by atoms with E-state index in [-0.39, 0.29) is 18.1 Å². The predicted molar refractivity (Wildman–Crippen MR) is 71.4 cm³/mol. The van der Waals surface area contributed by atoms with Gasteiger partial charge in [-0.3, -0.25) is 9.59 Å². The van der Waals surface area contributed by atoms with Gasteiger partial charge in [0, 0.05) is 12.2 Å². The highest BCUT2D eigenvalue weighted by Crippen LogP contribution is 2.30. The van der Waals surface area contributed by atoms with Gasteiger partial charge in [-0.15, -0.1) is 11.8 Å². The van der Waals surface area contributed by atoms with E-state index in [9.17, 15) is 19.5 Å². The molecule has 0 aliphatic carbocycles. The number of nitrogens with zero attached hydrogens (tertiary/aromatic N) is 1. The Kier molecular flexibility index (Phi) is 4.29. The fraction of sp³-hybridized carbons (Fsp3) is 0.308. The second-order valence-electron chi connectivity index (χ2n) is 4.14. The molecule has 1 saturated heterocycles. The van der Waals surface area contributed by atoms with E-state index in [1.807, 2.05) is 0 Å². The Hall–Kier alpha value is -2.02. The van der Waals surface area contributed by atoms with Crippen molar-refractivity contribution in [2.45, 2.75) is 11.7 Å². The average molecular weight is 294 g/mol. The second kappa shape index (κ2) is 5.96. The molecule has 2 rings (SSSR count). The number of carbonyl (C=O) groups excluding carboxylic acids is 3. The highest BCUT2D eigenvalue weighted by molar-refractivity contribution is 8.01. The van der Waals surface area contributed by atoms with Gasteiger partial charge in [0.05, 0.1) is 24.0 Å². The van der Waals surface area contributed by atoms with Crippen molar-refractivity contribution in [3.05, 3.63) is 24.3 Å². The van der Waals surface area contributed by atoms with Crippen molar-refractivity contribution in [3.8, 4) is 5.75 Å². The van der Waals surface area contributed by atoms with Crippen LogP contribution in [0.15, 0.2) is 24.3 Å². The summed E-state index contributed by atoms with van der Waals surface area (Å²) in [6, 6.07) is 6.52. The maximum Gasteiger partial charge on any atom is 0.247 e. The van der Waals surface area contributed by atoms with Gasteiger partial charge in [-0.05, 0) is 24.3 Å². The number of hydrogen-bond donors (Lipinski definition) is 0. The lowest BCUT2D eigenvalue weighted by Gasteiger charge is -2.15.